The molecule has 0 unspecified atom stereocenters. The summed E-state index contributed by atoms with van der Waals surface area (Å²) in [5.74, 6) is 0. The van der Waals surface area contributed by atoms with Crippen LogP contribution in [-0.4, -0.2) is 17.3 Å². The highest BCUT2D eigenvalue weighted by molar-refractivity contribution is 6.35. The van der Waals surface area contributed by atoms with Crippen molar-refractivity contribution in [2.45, 2.75) is 31.4 Å². The summed E-state index contributed by atoms with van der Waals surface area (Å²) < 4.78 is 0. The molecule has 0 amide bonds. The minimum absolute atomic E-state index is 0.487. The molecule has 2 rings (SSSR count). The maximum Gasteiger partial charge on any atom is 0.0771 e. The molecule has 0 atom stereocenters. The molecule has 0 aromatic heterocycles. The second kappa shape index (κ2) is 4.92. The molecule has 2 nitrogen and oxygen atoms in total. The van der Waals surface area contributed by atoms with E-state index in [0.29, 0.717) is 23.1 Å². The van der Waals surface area contributed by atoms with Crippen LogP contribution in [0.5, 0.6) is 0 Å². The Balaban J connectivity index is 1.85. The van der Waals surface area contributed by atoms with Crippen molar-refractivity contribution in [3.05, 3.63) is 33.8 Å². The number of aliphatic hydroxyl groups is 1. The van der Waals surface area contributed by atoms with Gasteiger partial charge >= 0.3 is 0 Å². The highest BCUT2D eigenvalue weighted by Crippen LogP contribution is 2.30. The summed E-state index contributed by atoms with van der Waals surface area (Å²) in [6.45, 7) is 1.30. The van der Waals surface area contributed by atoms with E-state index in [1.807, 2.05) is 12.1 Å². The van der Waals surface area contributed by atoms with Crippen LogP contribution in [0.15, 0.2) is 18.2 Å². The van der Waals surface area contributed by atoms with Crippen molar-refractivity contribution >= 4 is 23.2 Å². The molecule has 16 heavy (non-hydrogen) atoms. The first-order valence-corrected chi connectivity index (χ1v) is 6.22. The summed E-state index contributed by atoms with van der Waals surface area (Å²) in [4.78, 5) is 0. The molecule has 0 heterocycles. The van der Waals surface area contributed by atoms with E-state index in [2.05, 4.69) is 5.32 Å². The molecule has 1 aliphatic rings. The average molecular weight is 260 g/mol. The van der Waals surface area contributed by atoms with E-state index in [0.717, 1.165) is 24.8 Å². The first-order valence-electron chi connectivity index (χ1n) is 5.46. The van der Waals surface area contributed by atoms with Gasteiger partial charge in [0, 0.05) is 23.1 Å². The molecule has 1 aromatic rings. The summed E-state index contributed by atoms with van der Waals surface area (Å²) in [7, 11) is 0. The number of halogens is 2. The maximum atomic E-state index is 9.88. The number of hydrogen-bond donors (Lipinski definition) is 2. The minimum Gasteiger partial charge on any atom is -0.389 e. The van der Waals surface area contributed by atoms with Gasteiger partial charge in [0.25, 0.3) is 0 Å². The fraction of sp³-hybridized carbons (Fsp3) is 0.500. The summed E-state index contributed by atoms with van der Waals surface area (Å²) in [6.07, 6.45) is 2.92. The molecule has 0 bridgehead atoms. The van der Waals surface area contributed by atoms with E-state index in [9.17, 15) is 5.11 Å². The molecule has 1 aromatic carbocycles. The Morgan fingerprint density at radius 2 is 2.06 bits per heavy atom. The standard InChI is InChI=1S/C12H15Cl2NO/c13-10-3-2-9(11(14)6-10)7-15-8-12(16)4-1-5-12/h2-3,6,15-16H,1,4-5,7-8H2. The van der Waals surface area contributed by atoms with Gasteiger partial charge in [0.2, 0.25) is 0 Å². The van der Waals surface area contributed by atoms with Crippen molar-refractivity contribution in [3.63, 3.8) is 0 Å². The van der Waals surface area contributed by atoms with E-state index in [4.69, 9.17) is 23.2 Å². The third-order valence-corrected chi connectivity index (χ3v) is 3.66. The Hall–Kier alpha value is -0.280. The first kappa shape index (κ1) is 12.2. The maximum absolute atomic E-state index is 9.88. The smallest absolute Gasteiger partial charge is 0.0771 e. The van der Waals surface area contributed by atoms with Gasteiger partial charge in [-0.3, -0.25) is 0 Å². The monoisotopic (exact) mass is 259 g/mol. The molecule has 0 saturated heterocycles. The Labute approximate surface area is 106 Å². The Bertz CT molecular complexity index is 377. The van der Waals surface area contributed by atoms with Crippen molar-refractivity contribution in [1.29, 1.82) is 0 Å². The zero-order valence-corrected chi connectivity index (χ0v) is 10.5. The van der Waals surface area contributed by atoms with Crippen LogP contribution >= 0.6 is 23.2 Å². The normalized spacial score (nSPS) is 18.2. The van der Waals surface area contributed by atoms with Crippen LogP contribution in [0.2, 0.25) is 10.0 Å². The van der Waals surface area contributed by atoms with Crippen molar-refractivity contribution < 1.29 is 5.11 Å². The average Bonchev–Trinajstić information content (AvgIpc) is 2.19. The van der Waals surface area contributed by atoms with Gasteiger partial charge in [-0.2, -0.15) is 0 Å². The zero-order chi connectivity index (χ0) is 11.6. The summed E-state index contributed by atoms with van der Waals surface area (Å²) in [6, 6.07) is 5.46. The van der Waals surface area contributed by atoms with Gasteiger partial charge in [-0.15, -0.1) is 0 Å². The molecule has 0 radical (unpaired) electrons. The fourth-order valence-corrected chi connectivity index (χ4v) is 2.33. The van der Waals surface area contributed by atoms with Gasteiger partial charge in [0.15, 0.2) is 0 Å². The Morgan fingerprint density at radius 1 is 1.31 bits per heavy atom. The van der Waals surface area contributed by atoms with Crippen LogP contribution < -0.4 is 5.32 Å². The lowest BCUT2D eigenvalue weighted by atomic mass is 9.80. The van der Waals surface area contributed by atoms with Crippen LogP contribution in [0.4, 0.5) is 0 Å². The van der Waals surface area contributed by atoms with Gasteiger partial charge in [-0.25, -0.2) is 0 Å². The molecule has 0 aliphatic heterocycles. The fourth-order valence-electron chi connectivity index (χ4n) is 1.86. The topological polar surface area (TPSA) is 32.3 Å². The van der Waals surface area contributed by atoms with Crippen LogP contribution in [0.25, 0.3) is 0 Å². The molecule has 2 N–H and O–H groups in total. The van der Waals surface area contributed by atoms with E-state index >= 15 is 0 Å². The van der Waals surface area contributed by atoms with Gasteiger partial charge in [0.1, 0.15) is 0 Å². The van der Waals surface area contributed by atoms with Crippen molar-refractivity contribution in [2.75, 3.05) is 6.54 Å². The van der Waals surface area contributed by atoms with Crippen LogP contribution in [0, 0.1) is 0 Å². The largest absolute Gasteiger partial charge is 0.389 e. The molecule has 1 fully saturated rings. The summed E-state index contributed by atoms with van der Waals surface area (Å²) >= 11 is 11.9. The number of benzene rings is 1. The van der Waals surface area contributed by atoms with Gasteiger partial charge in [-0.1, -0.05) is 29.3 Å². The Morgan fingerprint density at radius 3 is 2.62 bits per heavy atom. The zero-order valence-electron chi connectivity index (χ0n) is 8.97. The lowest BCUT2D eigenvalue weighted by molar-refractivity contribution is -0.0314. The van der Waals surface area contributed by atoms with E-state index in [1.165, 1.54) is 0 Å². The van der Waals surface area contributed by atoms with Crippen molar-refractivity contribution in [3.8, 4) is 0 Å². The number of rotatable bonds is 4. The highest BCUT2D eigenvalue weighted by Gasteiger charge is 2.33. The molecular formula is C12H15Cl2NO. The van der Waals surface area contributed by atoms with E-state index in [-0.39, 0.29) is 0 Å². The van der Waals surface area contributed by atoms with Crippen molar-refractivity contribution in [2.24, 2.45) is 0 Å². The second-order valence-corrected chi connectivity index (χ2v) is 5.26. The summed E-state index contributed by atoms with van der Waals surface area (Å²) in [5, 5.41) is 14.4. The molecule has 1 aliphatic carbocycles. The highest BCUT2D eigenvalue weighted by atomic mass is 35.5. The van der Waals surface area contributed by atoms with E-state index in [1.54, 1.807) is 6.07 Å². The third-order valence-electron chi connectivity index (χ3n) is 3.07. The first-order chi connectivity index (χ1) is 7.59. The van der Waals surface area contributed by atoms with Gasteiger partial charge in [-0.05, 0) is 37.0 Å². The SMILES string of the molecule is OC1(CNCc2ccc(Cl)cc2Cl)CCC1. The third kappa shape index (κ3) is 2.89. The quantitative estimate of drug-likeness (QED) is 0.872. The number of hydrogen-bond acceptors (Lipinski definition) is 2. The predicted octanol–water partition coefficient (Wildman–Crippen LogP) is 3.00. The molecule has 0 spiro atoms. The van der Waals surface area contributed by atoms with Crippen LogP contribution in [0.1, 0.15) is 24.8 Å². The predicted molar refractivity (Wildman–Crippen MR) is 67.0 cm³/mol. The molecule has 1 saturated carbocycles. The van der Waals surface area contributed by atoms with Gasteiger partial charge < -0.3 is 10.4 Å². The summed E-state index contributed by atoms with van der Waals surface area (Å²) in [5.41, 5.74) is 0.521. The number of nitrogens with one attached hydrogen (secondary N) is 1. The van der Waals surface area contributed by atoms with E-state index < -0.39 is 5.60 Å². The van der Waals surface area contributed by atoms with Crippen LogP contribution in [-0.2, 0) is 6.54 Å². The molecular weight excluding hydrogens is 245 g/mol. The minimum atomic E-state index is -0.487. The lowest BCUT2D eigenvalue weighted by Gasteiger charge is -2.36. The van der Waals surface area contributed by atoms with Crippen LogP contribution in [0.3, 0.4) is 0 Å². The van der Waals surface area contributed by atoms with Gasteiger partial charge in [0.05, 0.1) is 5.60 Å². The second-order valence-electron chi connectivity index (χ2n) is 4.42. The molecule has 88 valence electrons. The Kier molecular flexibility index (Phi) is 3.75. The lowest BCUT2D eigenvalue weighted by Crippen LogP contribution is -2.45. The molecule has 4 heteroatoms. The van der Waals surface area contributed by atoms with Crippen molar-refractivity contribution in [1.82, 2.24) is 5.32 Å².